The van der Waals surface area contributed by atoms with Crippen molar-refractivity contribution in [1.82, 2.24) is 9.55 Å². The summed E-state index contributed by atoms with van der Waals surface area (Å²) < 4.78 is 17.4. The van der Waals surface area contributed by atoms with E-state index in [9.17, 15) is 0 Å². The Morgan fingerprint density at radius 2 is 0.787 bits per heavy atom. The molecule has 0 fully saturated rings. The van der Waals surface area contributed by atoms with Crippen molar-refractivity contribution < 1.29 is 4.57 Å². The van der Waals surface area contributed by atoms with Crippen LogP contribution in [0.5, 0.6) is 0 Å². The fourth-order valence-corrected chi connectivity index (χ4v) is 11.7. The Hall–Kier alpha value is -7.58. The smallest absolute Gasteiger partial charge is 0.171 e. The van der Waals surface area contributed by atoms with Crippen molar-refractivity contribution >= 4 is 55.6 Å². The molecule has 11 rings (SSSR count). The number of aromatic nitrogens is 2. The van der Waals surface area contributed by atoms with E-state index in [4.69, 9.17) is 4.98 Å². The van der Waals surface area contributed by atoms with Crippen molar-refractivity contribution in [3.63, 3.8) is 0 Å². The Bertz CT molecular complexity index is 3360. The Balaban J connectivity index is 1.07. The van der Waals surface area contributed by atoms with Gasteiger partial charge >= 0.3 is 0 Å². The lowest BCUT2D eigenvalue weighted by molar-refractivity contribution is 0.592. The van der Waals surface area contributed by atoms with E-state index in [-0.39, 0.29) is 0 Å². The first-order chi connectivity index (χ1) is 30.1. The summed E-state index contributed by atoms with van der Waals surface area (Å²) in [6.45, 7) is 0. The predicted octanol–water partition coefficient (Wildman–Crippen LogP) is 13.6. The van der Waals surface area contributed by atoms with Gasteiger partial charge in [-0.05, 0) is 85.3 Å². The Labute approximate surface area is 355 Å². The zero-order valence-electron chi connectivity index (χ0n) is 33.3. The molecular formula is C57H39N2OP. The summed E-state index contributed by atoms with van der Waals surface area (Å²) in [4.78, 5) is 5.14. The van der Waals surface area contributed by atoms with Gasteiger partial charge in [-0.1, -0.05) is 206 Å². The second-order valence-corrected chi connectivity index (χ2v) is 18.2. The van der Waals surface area contributed by atoms with Gasteiger partial charge in [-0.2, -0.15) is 0 Å². The summed E-state index contributed by atoms with van der Waals surface area (Å²) in [7, 11) is -3.10. The molecule has 10 aromatic carbocycles. The highest BCUT2D eigenvalue weighted by atomic mass is 31.2. The van der Waals surface area contributed by atoms with Crippen molar-refractivity contribution in [2.24, 2.45) is 0 Å². The summed E-state index contributed by atoms with van der Waals surface area (Å²) in [5, 5.41) is 7.23. The number of rotatable bonds is 8. The van der Waals surface area contributed by atoms with Gasteiger partial charge in [-0.3, -0.25) is 4.57 Å². The molecule has 0 radical (unpaired) electrons. The van der Waals surface area contributed by atoms with Crippen molar-refractivity contribution in [1.29, 1.82) is 0 Å². The third-order valence-electron chi connectivity index (χ3n) is 11.9. The maximum Gasteiger partial charge on any atom is 0.171 e. The molecule has 0 saturated carbocycles. The summed E-state index contributed by atoms with van der Waals surface area (Å²) in [5.74, 6) is 0.910. The predicted molar refractivity (Wildman–Crippen MR) is 257 cm³/mol. The van der Waals surface area contributed by atoms with Crippen LogP contribution in [0.4, 0.5) is 0 Å². The van der Waals surface area contributed by atoms with Gasteiger partial charge in [-0.25, -0.2) is 4.98 Å². The highest BCUT2D eigenvalue weighted by Crippen LogP contribution is 2.46. The second kappa shape index (κ2) is 15.2. The fraction of sp³-hybridized carbons (Fsp3) is 0. The number of fused-ring (bicyclic) bond motifs is 3. The number of hydrogen-bond acceptors (Lipinski definition) is 2. The molecule has 0 saturated heterocycles. The molecule has 0 aliphatic carbocycles. The molecule has 11 aromatic rings. The molecule has 1 heterocycles. The number of benzene rings is 10. The third kappa shape index (κ3) is 6.30. The van der Waals surface area contributed by atoms with Gasteiger partial charge < -0.3 is 4.57 Å². The van der Waals surface area contributed by atoms with Gasteiger partial charge in [-0.15, -0.1) is 0 Å². The molecule has 0 aliphatic heterocycles. The molecule has 0 amide bonds. The molecule has 288 valence electrons. The third-order valence-corrected chi connectivity index (χ3v) is 15.0. The lowest BCUT2D eigenvalue weighted by atomic mass is 9.84. The summed E-state index contributed by atoms with van der Waals surface area (Å²) in [5.41, 5.74) is 11.1. The SMILES string of the molecule is O=P(c1ccccc1)(c1ccccc1)c1ccc(-c2ccc3c(-c4ccc(-c5nc6ccccc6n5-c5ccccc5)cc4)c4ccccc4c(-c4ccccc4)c3c2)cc1. The first-order valence-electron chi connectivity index (χ1n) is 20.6. The van der Waals surface area contributed by atoms with E-state index in [1.807, 2.05) is 72.8 Å². The van der Waals surface area contributed by atoms with E-state index in [0.717, 1.165) is 60.7 Å². The van der Waals surface area contributed by atoms with Gasteiger partial charge in [0.05, 0.1) is 11.0 Å². The standard InChI is InChI=1S/C57H39N2OP/c60-61(46-21-9-3-10-22-46,47-23-11-4-12-24-47)48-36-33-40(34-37-48)44-35-38-51-52(39-44)56(41-17-5-1-6-18-41)50-26-14-13-25-49(50)55(51)42-29-31-43(32-30-42)57-58-53-27-15-16-28-54(53)59(57)45-19-7-2-8-20-45/h1-39H. The van der Waals surface area contributed by atoms with Gasteiger partial charge in [0.25, 0.3) is 0 Å². The van der Waals surface area contributed by atoms with Crippen molar-refractivity contribution in [3.05, 3.63) is 237 Å². The Morgan fingerprint density at radius 1 is 0.344 bits per heavy atom. The minimum atomic E-state index is -3.10. The number of hydrogen-bond donors (Lipinski definition) is 0. The maximum absolute atomic E-state index is 15.2. The summed E-state index contributed by atoms with van der Waals surface area (Å²) in [6, 6.07) is 82.2. The van der Waals surface area contributed by atoms with E-state index in [1.54, 1.807) is 0 Å². The van der Waals surface area contributed by atoms with E-state index in [2.05, 4.69) is 168 Å². The van der Waals surface area contributed by atoms with Crippen molar-refractivity contribution in [3.8, 4) is 50.5 Å². The maximum atomic E-state index is 15.2. The zero-order chi connectivity index (χ0) is 40.8. The van der Waals surface area contributed by atoms with Crippen LogP contribution < -0.4 is 15.9 Å². The van der Waals surface area contributed by atoms with Crippen LogP contribution in [-0.4, -0.2) is 9.55 Å². The molecule has 0 atom stereocenters. The second-order valence-electron chi connectivity index (χ2n) is 15.4. The molecule has 0 spiro atoms. The first-order valence-corrected chi connectivity index (χ1v) is 22.4. The largest absolute Gasteiger partial charge is 0.309 e. The molecule has 0 aliphatic rings. The van der Waals surface area contributed by atoms with E-state index < -0.39 is 7.14 Å². The van der Waals surface area contributed by atoms with Crippen LogP contribution in [0.25, 0.3) is 83.0 Å². The van der Waals surface area contributed by atoms with Crippen LogP contribution in [0.1, 0.15) is 0 Å². The highest BCUT2D eigenvalue weighted by molar-refractivity contribution is 7.85. The normalized spacial score (nSPS) is 11.7. The Morgan fingerprint density at radius 3 is 1.43 bits per heavy atom. The number of imidazole rings is 1. The average molecular weight is 799 g/mol. The van der Waals surface area contributed by atoms with E-state index >= 15 is 4.57 Å². The molecule has 61 heavy (non-hydrogen) atoms. The topological polar surface area (TPSA) is 34.9 Å². The van der Waals surface area contributed by atoms with Crippen LogP contribution in [-0.2, 0) is 4.57 Å². The van der Waals surface area contributed by atoms with Crippen LogP contribution in [0.15, 0.2) is 237 Å². The van der Waals surface area contributed by atoms with E-state index in [0.29, 0.717) is 0 Å². The van der Waals surface area contributed by atoms with Crippen LogP contribution in [0.3, 0.4) is 0 Å². The fourth-order valence-electron chi connectivity index (χ4n) is 9.02. The molecule has 1 aromatic heterocycles. The van der Waals surface area contributed by atoms with Gasteiger partial charge in [0.1, 0.15) is 5.82 Å². The minimum absolute atomic E-state index is 0.815. The van der Waals surface area contributed by atoms with E-state index in [1.165, 1.54) is 38.2 Å². The quantitative estimate of drug-likeness (QED) is 0.113. The summed E-state index contributed by atoms with van der Waals surface area (Å²) in [6.07, 6.45) is 0. The molecule has 4 heteroatoms. The lowest BCUT2D eigenvalue weighted by Crippen LogP contribution is -2.24. The molecular weight excluding hydrogens is 760 g/mol. The van der Waals surface area contributed by atoms with Crippen LogP contribution in [0, 0.1) is 0 Å². The van der Waals surface area contributed by atoms with Gasteiger partial charge in [0.15, 0.2) is 7.14 Å². The first kappa shape index (κ1) is 36.5. The lowest BCUT2D eigenvalue weighted by Gasteiger charge is -2.21. The summed E-state index contributed by atoms with van der Waals surface area (Å²) >= 11 is 0. The highest BCUT2D eigenvalue weighted by Gasteiger charge is 2.29. The van der Waals surface area contributed by atoms with Gasteiger partial charge in [0.2, 0.25) is 0 Å². The number of para-hydroxylation sites is 3. The number of nitrogens with zero attached hydrogens (tertiary/aromatic N) is 2. The molecule has 3 nitrogen and oxygen atoms in total. The van der Waals surface area contributed by atoms with Crippen molar-refractivity contribution in [2.45, 2.75) is 0 Å². The average Bonchev–Trinajstić information content (AvgIpc) is 3.74. The molecule has 0 unspecified atom stereocenters. The zero-order valence-corrected chi connectivity index (χ0v) is 34.2. The molecule has 0 bridgehead atoms. The van der Waals surface area contributed by atoms with Gasteiger partial charge in [0, 0.05) is 27.2 Å². The van der Waals surface area contributed by atoms with Crippen LogP contribution >= 0.6 is 7.14 Å². The molecule has 0 N–H and O–H groups in total. The van der Waals surface area contributed by atoms with Crippen molar-refractivity contribution in [2.75, 3.05) is 0 Å². The monoisotopic (exact) mass is 798 g/mol. The Kier molecular flexibility index (Phi) is 9.11. The van der Waals surface area contributed by atoms with Crippen LogP contribution in [0.2, 0.25) is 0 Å². The minimum Gasteiger partial charge on any atom is -0.309 e.